The molecule has 0 radical (unpaired) electrons. The van der Waals surface area contributed by atoms with Gasteiger partial charge in [0.1, 0.15) is 5.75 Å². The second-order valence-electron chi connectivity index (χ2n) is 8.69. The van der Waals surface area contributed by atoms with Crippen LogP contribution in [0.25, 0.3) is 0 Å². The SMILES string of the molecule is CCCCCCCCC(C)(C)c1ccc([C@H]2CCC[C@H](O)C2)c(O)c1. The van der Waals surface area contributed by atoms with Crippen molar-refractivity contribution in [3.05, 3.63) is 29.3 Å². The molecule has 2 atom stereocenters. The average Bonchev–Trinajstić information content (AvgIpc) is 2.58. The number of aromatic hydroxyl groups is 1. The van der Waals surface area contributed by atoms with Gasteiger partial charge in [-0.3, -0.25) is 0 Å². The maximum absolute atomic E-state index is 10.6. The summed E-state index contributed by atoms with van der Waals surface area (Å²) in [6.07, 6.45) is 12.7. The van der Waals surface area contributed by atoms with E-state index >= 15 is 0 Å². The van der Waals surface area contributed by atoms with E-state index in [0.717, 1.165) is 31.2 Å². The van der Waals surface area contributed by atoms with Crippen LogP contribution in [0.5, 0.6) is 5.75 Å². The van der Waals surface area contributed by atoms with Crippen LogP contribution in [0.3, 0.4) is 0 Å². The molecule has 0 aromatic heterocycles. The van der Waals surface area contributed by atoms with Crippen molar-refractivity contribution in [2.24, 2.45) is 0 Å². The lowest BCUT2D eigenvalue weighted by atomic mass is 9.77. The molecule has 0 heterocycles. The van der Waals surface area contributed by atoms with Gasteiger partial charge in [-0.1, -0.05) is 77.8 Å². The summed E-state index contributed by atoms with van der Waals surface area (Å²) in [6, 6.07) is 6.29. The van der Waals surface area contributed by atoms with E-state index in [1.54, 1.807) is 0 Å². The number of unbranched alkanes of at least 4 members (excludes halogenated alkanes) is 5. The number of benzene rings is 1. The monoisotopic (exact) mass is 346 g/mol. The van der Waals surface area contributed by atoms with Crippen LogP contribution in [0.15, 0.2) is 18.2 Å². The fraction of sp³-hybridized carbons (Fsp3) is 0.739. The Kier molecular flexibility index (Phi) is 7.81. The molecule has 2 rings (SSSR count). The molecule has 1 aromatic rings. The molecule has 142 valence electrons. The van der Waals surface area contributed by atoms with Gasteiger partial charge in [-0.2, -0.15) is 0 Å². The van der Waals surface area contributed by atoms with Crippen molar-refractivity contribution in [3.63, 3.8) is 0 Å². The molecule has 1 fully saturated rings. The summed E-state index contributed by atoms with van der Waals surface area (Å²) >= 11 is 0. The number of phenolic OH excluding ortho intramolecular Hbond substituents is 1. The highest BCUT2D eigenvalue weighted by molar-refractivity contribution is 5.41. The number of hydrogen-bond acceptors (Lipinski definition) is 2. The second kappa shape index (κ2) is 9.62. The van der Waals surface area contributed by atoms with Gasteiger partial charge >= 0.3 is 0 Å². The predicted molar refractivity (Wildman–Crippen MR) is 106 cm³/mol. The molecule has 0 aliphatic heterocycles. The first-order valence-electron chi connectivity index (χ1n) is 10.5. The Hall–Kier alpha value is -1.02. The van der Waals surface area contributed by atoms with E-state index in [2.05, 4.69) is 32.9 Å². The Balaban J connectivity index is 1.93. The average molecular weight is 347 g/mol. The third-order valence-electron chi connectivity index (χ3n) is 6.05. The summed E-state index contributed by atoms with van der Waals surface area (Å²) in [5, 5.41) is 20.5. The quantitative estimate of drug-likeness (QED) is 0.505. The smallest absolute Gasteiger partial charge is 0.119 e. The van der Waals surface area contributed by atoms with Gasteiger partial charge in [-0.15, -0.1) is 0 Å². The van der Waals surface area contributed by atoms with Crippen LogP contribution in [0.1, 0.15) is 108 Å². The summed E-state index contributed by atoms with van der Waals surface area (Å²) < 4.78 is 0. The Morgan fingerprint density at radius 3 is 2.44 bits per heavy atom. The molecule has 0 saturated heterocycles. The Labute approximate surface area is 154 Å². The second-order valence-corrected chi connectivity index (χ2v) is 8.69. The highest BCUT2D eigenvalue weighted by Gasteiger charge is 2.26. The van der Waals surface area contributed by atoms with Gasteiger partial charge in [0.05, 0.1) is 6.10 Å². The Bertz CT molecular complexity index is 521. The van der Waals surface area contributed by atoms with E-state index in [0.29, 0.717) is 11.7 Å². The summed E-state index contributed by atoms with van der Waals surface area (Å²) in [5.41, 5.74) is 2.36. The summed E-state index contributed by atoms with van der Waals surface area (Å²) in [4.78, 5) is 0. The number of hydrogen-bond donors (Lipinski definition) is 2. The number of aliphatic hydroxyl groups excluding tert-OH is 1. The van der Waals surface area contributed by atoms with Crippen molar-refractivity contribution < 1.29 is 10.2 Å². The molecule has 25 heavy (non-hydrogen) atoms. The van der Waals surface area contributed by atoms with Crippen LogP contribution in [-0.4, -0.2) is 16.3 Å². The van der Waals surface area contributed by atoms with Crippen LogP contribution < -0.4 is 0 Å². The van der Waals surface area contributed by atoms with E-state index in [1.807, 2.05) is 6.07 Å². The van der Waals surface area contributed by atoms with E-state index in [1.165, 1.54) is 50.5 Å². The number of rotatable bonds is 9. The van der Waals surface area contributed by atoms with E-state index < -0.39 is 0 Å². The van der Waals surface area contributed by atoms with Gasteiger partial charge in [0, 0.05) is 0 Å². The Morgan fingerprint density at radius 1 is 1.04 bits per heavy atom. The molecule has 2 N–H and O–H groups in total. The molecule has 1 aliphatic rings. The van der Waals surface area contributed by atoms with Crippen molar-refractivity contribution >= 4 is 0 Å². The van der Waals surface area contributed by atoms with E-state index in [4.69, 9.17) is 0 Å². The van der Waals surface area contributed by atoms with Gasteiger partial charge in [0.2, 0.25) is 0 Å². The van der Waals surface area contributed by atoms with Crippen molar-refractivity contribution in [2.75, 3.05) is 0 Å². The standard InChI is InChI=1S/C23H38O2/c1-4-5-6-7-8-9-15-23(2,3)19-13-14-21(22(25)17-19)18-11-10-12-20(24)16-18/h13-14,17-18,20,24-25H,4-12,15-16H2,1-3H3/t18-,20-/m0/s1. The van der Waals surface area contributed by atoms with Gasteiger partial charge in [0.15, 0.2) is 0 Å². The first-order valence-corrected chi connectivity index (χ1v) is 10.5. The summed E-state index contributed by atoms with van der Waals surface area (Å²) in [7, 11) is 0. The van der Waals surface area contributed by atoms with Crippen molar-refractivity contribution in [1.82, 2.24) is 0 Å². The highest BCUT2D eigenvalue weighted by atomic mass is 16.3. The third kappa shape index (κ3) is 6.02. The molecular weight excluding hydrogens is 308 g/mol. The zero-order valence-corrected chi connectivity index (χ0v) is 16.6. The molecule has 2 heteroatoms. The van der Waals surface area contributed by atoms with E-state index in [9.17, 15) is 10.2 Å². The fourth-order valence-corrected chi connectivity index (χ4v) is 4.25. The van der Waals surface area contributed by atoms with Crippen molar-refractivity contribution in [2.45, 2.75) is 109 Å². The van der Waals surface area contributed by atoms with Gasteiger partial charge in [0.25, 0.3) is 0 Å². The molecule has 0 unspecified atom stereocenters. The number of aliphatic hydroxyl groups is 1. The molecule has 0 spiro atoms. The molecule has 0 amide bonds. The molecular formula is C23H38O2. The third-order valence-corrected chi connectivity index (χ3v) is 6.05. The van der Waals surface area contributed by atoms with Crippen molar-refractivity contribution in [1.29, 1.82) is 0 Å². The number of phenols is 1. The minimum Gasteiger partial charge on any atom is -0.508 e. The van der Waals surface area contributed by atoms with Gasteiger partial charge in [-0.05, 0) is 54.2 Å². The van der Waals surface area contributed by atoms with Crippen LogP contribution in [-0.2, 0) is 5.41 Å². The maximum atomic E-state index is 10.6. The molecule has 1 aromatic carbocycles. The summed E-state index contributed by atoms with van der Waals surface area (Å²) in [6.45, 7) is 6.84. The molecule has 1 saturated carbocycles. The first kappa shape index (κ1) is 20.3. The summed E-state index contributed by atoms with van der Waals surface area (Å²) in [5.74, 6) is 0.729. The van der Waals surface area contributed by atoms with Gasteiger partial charge in [-0.25, -0.2) is 0 Å². The van der Waals surface area contributed by atoms with Crippen LogP contribution in [0.4, 0.5) is 0 Å². The lowest BCUT2D eigenvalue weighted by Gasteiger charge is -2.29. The zero-order valence-electron chi connectivity index (χ0n) is 16.6. The molecule has 0 bridgehead atoms. The van der Waals surface area contributed by atoms with Crippen molar-refractivity contribution in [3.8, 4) is 5.75 Å². The van der Waals surface area contributed by atoms with Crippen LogP contribution in [0, 0.1) is 0 Å². The largest absolute Gasteiger partial charge is 0.508 e. The fourth-order valence-electron chi connectivity index (χ4n) is 4.25. The van der Waals surface area contributed by atoms with Crippen LogP contribution in [0.2, 0.25) is 0 Å². The minimum absolute atomic E-state index is 0.104. The lowest BCUT2D eigenvalue weighted by Crippen LogP contribution is -2.19. The topological polar surface area (TPSA) is 40.5 Å². The maximum Gasteiger partial charge on any atom is 0.119 e. The normalized spacial score (nSPS) is 21.4. The molecule has 1 aliphatic carbocycles. The lowest BCUT2D eigenvalue weighted by molar-refractivity contribution is 0.119. The highest BCUT2D eigenvalue weighted by Crippen LogP contribution is 2.40. The molecule has 2 nitrogen and oxygen atoms in total. The van der Waals surface area contributed by atoms with Gasteiger partial charge < -0.3 is 10.2 Å². The minimum atomic E-state index is -0.207. The Morgan fingerprint density at radius 2 is 1.76 bits per heavy atom. The predicted octanol–water partition coefficient (Wildman–Crippen LogP) is 6.44. The first-order chi connectivity index (χ1) is 11.9. The van der Waals surface area contributed by atoms with Crippen LogP contribution >= 0.6 is 0 Å². The zero-order chi connectivity index (χ0) is 18.3. The van der Waals surface area contributed by atoms with E-state index in [-0.39, 0.29) is 11.5 Å².